The van der Waals surface area contributed by atoms with Gasteiger partial charge in [0.15, 0.2) is 17.5 Å². The minimum atomic E-state index is 0.296. The third kappa shape index (κ3) is 7.29. The number of ether oxygens (including phenoxy) is 3. The van der Waals surface area contributed by atoms with Crippen molar-refractivity contribution in [3.63, 3.8) is 0 Å². The van der Waals surface area contributed by atoms with Crippen LogP contribution in [0, 0.1) is 0 Å². The Kier molecular flexibility index (Phi) is 9.84. The highest BCUT2D eigenvalue weighted by molar-refractivity contribution is 5.79. The fraction of sp³-hybridized carbons (Fsp3) is 0.667. The van der Waals surface area contributed by atoms with Crippen LogP contribution < -0.4 is 20.1 Å². The van der Waals surface area contributed by atoms with E-state index < -0.39 is 0 Å². The van der Waals surface area contributed by atoms with Crippen LogP contribution in [0.15, 0.2) is 23.2 Å². The molecular formula is C21H35N3O3. The molecule has 27 heavy (non-hydrogen) atoms. The molecule has 2 rings (SSSR count). The van der Waals surface area contributed by atoms with Gasteiger partial charge in [-0.2, -0.15) is 0 Å². The maximum absolute atomic E-state index is 6.29. The summed E-state index contributed by atoms with van der Waals surface area (Å²) in [6.07, 6.45) is 8.36. The molecule has 0 atom stereocenters. The van der Waals surface area contributed by atoms with Crippen molar-refractivity contribution in [1.29, 1.82) is 0 Å². The van der Waals surface area contributed by atoms with E-state index in [4.69, 9.17) is 14.2 Å². The molecule has 1 saturated carbocycles. The molecule has 0 spiro atoms. The van der Waals surface area contributed by atoms with Crippen LogP contribution in [0.1, 0.15) is 50.5 Å². The zero-order chi connectivity index (χ0) is 19.3. The molecule has 152 valence electrons. The quantitative estimate of drug-likeness (QED) is 0.351. The molecule has 6 nitrogen and oxygen atoms in total. The van der Waals surface area contributed by atoms with Crippen molar-refractivity contribution in [2.75, 3.05) is 34.4 Å². The largest absolute Gasteiger partial charge is 0.493 e. The van der Waals surface area contributed by atoms with Crippen molar-refractivity contribution in [3.05, 3.63) is 23.8 Å². The number of aliphatic imine (C=N–C) groups is 1. The first-order valence-electron chi connectivity index (χ1n) is 10.0. The molecule has 6 heteroatoms. The van der Waals surface area contributed by atoms with Crippen LogP contribution in [-0.4, -0.2) is 46.5 Å². The average molecular weight is 378 g/mol. The Hall–Kier alpha value is -1.95. The number of nitrogens with zero attached hydrogens (tertiary/aromatic N) is 1. The average Bonchev–Trinajstić information content (AvgIpc) is 3.21. The molecule has 2 N–H and O–H groups in total. The number of unbranched alkanes of at least 4 members (excludes halogenated alkanes) is 2. The van der Waals surface area contributed by atoms with Gasteiger partial charge in [-0.15, -0.1) is 0 Å². The Morgan fingerprint density at radius 2 is 1.93 bits per heavy atom. The highest BCUT2D eigenvalue weighted by atomic mass is 16.5. The molecule has 0 amide bonds. The van der Waals surface area contributed by atoms with Crippen LogP contribution in [0.4, 0.5) is 0 Å². The van der Waals surface area contributed by atoms with E-state index in [0.29, 0.717) is 12.6 Å². The Bertz CT molecular complexity index is 572. The lowest BCUT2D eigenvalue weighted by atomic mass is 10.1. The van der Waals surface area contributed by atoms with Gasteiger partial charge in [0.05, 0.1) is 13.2 Å². The molecule has 0 radical (unpaired) electrons. The number of guanidine groups is 1. The summed E-state index contributed by atoms with van der Waals surface area (Å²) in [5.41, 5.74) is 1.09. The van der Waals surface area contributed by atoms with Crippen LogP contribution >= 0.6 is 0 Å². The van der Waals surface area contributed by atoms with E-state index in [2.05, 4.69) is 21.7 Å². The maximum Gasteiger partial charge on any atom is 0.191 e. The Labute approximate surface area is 163 Å². The van der Waals surface area contributed by atoms with E-state index in [1.165, 1.54) is 12.8 Å². The van der Waals surface area contributed by atoms with Gasteiger partial charge in [-0.1, -0.05) is 12.1 Å². The number of benzene rings is 1. The van der Waals surface area contributed by atoms with E-state index in [9.17, 15) is 0 Å². The SMILES string of the molecule is CN=C(NCCCCCOC)NCc1cccc(OC)c1OC1CCCC1. The second-order valence-corrected chi connectivity index (χ2v) is 6.88. The number of para-hydroxylation sites is 1. The topological polar surface area (TPSA) is 64.1 Å². The first-order valence-corrected chi connectivity index (χ1v) is 10.0. The van der Waals surface area contributed by atoms with Gasteiger partial charge < -0.3 is 24.8 Å². The fourth-order valence-electron chi connectivity index (χ4n) is 3.32. The standard InChI is InChI=1S/C21H35N3O3/c1-22-21(23-14-7-4-8-15-25-2)24-16-17-10-9-13-19(26-3)20(17)27-18-11-5-6-12-18/h9-10,13,18H,4-8,11-12,14-16H2,1-3H3,(H2,22,23,24). The highest BCUT2D eigenvalue weighted by Gasteiger charge is 2.20. The van der Waals surface area contributed by atoms with E-state index in [1.807, 2.05) is 12.1 Å². The lowest BCUT2D eigenvalue weighted by Crippen LogP contribution is -2.37. The molecular weight excluding hydrogens is 342 g/mol. The lowest BCUT2D eigenvalue weighted by molar-refractivity contribution is 0.192. The van der Waals surface area contributed by atoms with Gasteiger partial charge in [-0.3, -0.25) is 4.99 Å². The van der Waals surface area contributed by atoms with Gasteiger partial charge in [-0.25, -0.2) is 0 Å². The monoisotopic (exact) mass is 377 g/mol. The molecule has 0 heterocycles. The highest BCUT2D eigenvalue weighted by Crippen LogP contribution is 2.34. The van der Waals surface area contributed by atoms with Crippen molar-refractivity contribution in [2.24, 2.45) is 4.99 Å². The summed E-state index contributed by atoms with van der Waals surface area (Å²) in [5.74, 6) is 2.45. The van der Waals surface area contributed by atoms with E-state index in [1.54, 1.807) is 21.3 Å². The molecule has 0 unspecified atom stereocenters. The van der Waals surface area contributed by atoms with Gasteiger partial charge in [0.25, 0.3) is 0 Å². The molecule has 0 aliphatic heterocycles. The predicted molar refractivity (Wildman–Crippen MR) is 110 cm³/mol. The lowest BCUT2D eigenvalue weighted by Gasteiger charge is -2.20. The normalized spacial score (nSPS) is 15.0. The van der Waals surface area contributed by atoms with Crippen LogP contribution in [0.5, 0.6) is 11.5 Å². The molecule has 1 fully saturated rings. The minimum absolute atomic E-state index is 0.296. The molecule has 0 saturated heterocycles. The number of methoxy groups -OCH3 is 2. The first-order chi connectivity index (χ1) is 13.3. The molecule has 0 bridgehead atoms. The van der Waals surface area contributed by atoms with E-state index in [-0.39, 0.29) is 0 Å². The summed E-state index contributed by atoms with van der Waals surface area (Å²) in [6, 6.07) is 6.04. The van der Waals surface area contributed by atoms with Crippen LogP contribution in [0.25, 0.3) is 0 Å². The summed E-state index contributed by atoms with van der Waals surface area (Å²) in [7, 11) is 5.23. The second-order valence-electron chi connectivity index (χ2n) is 6.88. The van der Waals surface area contributed by atoms with E-state index >= 15 is 0 Å². The number of hydrogen-bond acceptors (Lipinski definition) is 4. The van der Waals surface area contributed by atoms with Crippen LogP contribution in [-0.2, 0) is 11.3 Å². The van der Waals surface area contributed by atoms with Gasteiger partial charge in [-0.05, 0) is 51.0 Å². The summed E-state index contributed by atoms with van der Waals surface area (Å²) in [5, 5.41) is 6.75. The van der Waals surface area contributed by atoms with Crippen molar-refractivity contribution < 1.29 is 14.2 Å². The predicted octanol–water partition coefficient (Wildman–Crippen LogP) is 3.50. The van der Waals surface area contributed by atoms with Gasteiger partial charge >= 0.3 is 0 Å². The van der Waals surface area contributed by atoms with Crippen molar-refractivity contribution >= 4 is 5.96 Å². The smallest absolute Gasteiger partial charge is 0.191 e. The third-order valence-electron chi connectivity index (χ3n) is 4.85. The minimum Gasteiger partial charge on any atom is -0.493 e. The molecule has 1 aliphatic carbocycles. The number of rotatable bonds is 11. The summed E-state index contributed by atoms with van der Waals surface area (Å²) >= 11 is 0. The zero-order valence-electron chi connectivity index (χ0n) is 17.1. The Balaban J connectivity index is 1.87. The molecule has 0 aromatic heterocycles. The zero-order valence-corrected chi connectivity index (χ0v) is 17.1. The van der Waals surface area contributed by atoms with Crippen LogP contribution in [0.3, 0.4) is 0 Å². The van der Waals surface area contributed by atoms with Crippen molar-refractivity contribution in [3.8, 4) is 11.5 Å². The molecule has 1 aromatic rings. The molecule has 1 aromatic carbocycles. The van der Waals surface area contributed by atoms with Crippen molar-refractivity contribution in [1.82, 2.24) is 10.6 Å². The summed E-state index contributed by atoms with van der Waals surface area (Å²) < 4.78 is 16.9. The van der Waals surface area contributed by atoms with Crippen LogP contribution in [0.2, 0.25) is 0 Å². The Morgan fingerprint density at radius 3 is 2.63 bits per heavy atom. The van der Waals surface area contributed by atoms with Gasteiger partial charge in [0, 0.05) is 39.4 Å². The fourth-order valence-corrected chi connectivity index (χ4v) is 3.32. The summed E-state index contributed by atoms with van der Waals surface area (Å²) in [4.78, 5) is 4.31. The molecule has 1 aliphatic rings. The first kappa shape index (κ1) is 21.4. The second kappa shape index (κ2) is 12.4. The third-order valence-corrected chi connectivity index (χ3v) is 4.85. The number of nitrogens with one attached hydrogen (secondary N) is 2. The number of hydrogen-bond donors (Lipinski definition) is 2. The van der Waals surface area contributed by atoms with E-state index in [0.717, 1.165) is 68.3 Å². The van der Waals surface area contributed by atoms with Gasteiger partial charge in [0.2, 0.25) is 0 Å². The van der Waals surface area contributed by atoms with Gasteiger partial charge in [0.1, 0.15) is 0 Å². The Morgan fingerprint density at radius 1 is 1.11 bits per heavy atom. The maximum atomic E-state index is 6.29. The summed E-state index contributed by atoms with van der Waals surface area (Å²) in [6.45, 7) is 2.36. The van der Waals surface area contributed by atoms with Crippen molar-refractivity contribution in [2.45, 2.75) is 57.6 Å².